The predicted octanol–water partition coefficient (Wildman–Crippen LogP) is 3.49. The number of allylic oxidation sites excluding steroid dienone is 1. The summed E-state index contributed by atoms with van der Waals surface area (Å²) in [5, 5.41) is 20.3. The maximum absolute atomic E-state index is 13.3. The number of hydrogen-bond donors (Lipinski definition) is 2. The average Bonchev–Trinajstić information content (AvgIpc) is 2.84. The summed E-state index contributed by atoms with van der Waals surface area (Å²) in [6, 6.07) is 0. The van der Waals surface area contributed by atoms with Crippen LogP contribution in [0.25, 0.3) is 0 Å². The maximum atomic E-state index is 13.3. The van der Waals surface area contributed by atoms with E-state index < -0.39 is 0 Å². The van der Waals surface area contributed by atoms with Crippen LogP contribution in [-0.4, -0.2) is 28.2 Å². The highest BCUT2D eigenvalue weighted by Crippen LogP contribution is 2.66. The molecule has 0 aromatic heterocycles. The largest absolute Gasteiger partial charge is 0.393 e. The SMILES string of the molecule is C[C@H](O)[C@H]1CC[C@H]2[C@@H]3CCC4=CC(O)CC[C@]4(C)[C@H]3C(=O)C[C@]12C. The maximum Gasteiger partial charge on any atom is 0.137 e. The van der Waals surface area contributed by atoms with Crippen LogP contribution in [0.15, 0.2) is 11.6 Å². The molecule has 0 bridgehead atoms. The van der Waals surface area contributed by atoms with Gasteiger partial charge in [0.25, 0.3) is 0 Å². The molecule has 0 spiro atoms. The minimum atomic E-state index is -0.320. The van der Waals surface area contributed by atoms with Crippen LogP contribution in [0.1, 0.15) is 65.7 Å². The first-order valence-electron chi connectivity index (χ1n) is 9.87. The molecule has 0 radical (unpaired) electrons. The first kappa shape index (κ1) is 16.8. The molecule has 0 heterocycles. The topological polar surface area (TPSA) is 57.5 Å². The third kappa shape index (κ3) is 2.13. The molecule has 8 atom stereocenters. The van der Waals surface area contributed by atoms with Gasteiger partial charge in [-0.15, -0.1) is 0 Å². The monoisotopic (exact) mass is 332 g/mol. The molecule has 134 valence electrons. The van der Waals surface area contributed by atoms with Gasteiger partial charge in [0.05, 0.1) is 12.2 Å². The minimum absolute atomic E-state index is 0.0157. The van der Waals surface area contributed by atoms with Crippen molar-refractivity contribution in [2.45, 2.75) is 77.9 Å². The van der Waals surface area contributed by atoms with Gasteiger partial charge in [-0.25, -0.2) is 0 Å². The van der Waals surface area contributed by atoms with Crippen molar-refractivity contribution in [2.24, 2.45) is 34.5 Å². The Kier molecular flexibility index (Phi) is 3.78. The number of carbonyl (C=O) groups excluding carboxylic acids is 1. The number of ketones is 1. The summed E-state index contributed by atoms with van der Waals surface area (Å²) in [6.45, 7) is 6.46. The molecule has 0 saturated heterocycles. The van der Waals surface area contributed by atoms with E-state index in [1.807, 2.05) is 13.0 Å². The number of aliphatic hydroxyl groups is 2. The Morgan fingerprint density at radius 3 is 2.67 bits per heavy atom. The minimum Gasteiger partial charge on any atom is -0.393 e. The molecule has 1 unspecified atom stereocenters. The van der Waals surface area contributed by atoms with Crippen LogP contribution in [0.5, 0.6) is 0 Å². The summed E-state index contributed by atoms with van der Waals surface area (Å²) in [5.74, 6) is 1.87. The quantitative estimate of drug-likeness (QED) is 0.723. The molecule has 24 heavy (non-hydrogen) atoms. The molecule has 4 rings (SSSR count). The summed E-state index contributed by atoms with van der Waals surface area (Å²) >= 11 is 0. The van der Waals surface area contributed by atoms with Gasteiger partial charge in [-0.05, 0) is 74.0 Å². The highest BCUT2D eigenvalue weighted by molar-refractivity contribution is 5.85. The molecule has 0 aliphatic heterocycles. The summed E-state index contributed by atoms with van der Waals surface area (Å²) in [7, 11) is 0. The van der Waals surface area contributed by atoms with Crippen molar-refractivity contribution in [2.75, 3.05) is 0 Å². The van der Waals surface area contributed by atoms with Gasteiger partial charge in [0.1, 0.15) is 5.78 Å². The second-order valence-electron chi connectivity index (χ2n) is 9.58. The second kappa shape index (κ2) is 5.41. The lowest BCUT2D eigenvalue weighted by Crippen LogP contribution is -2.55. The summed E-state index contributed by atoms with van der Waals surface area (Å²) in [5.41, 5.74) is 1.28. The number of rotatable bonds is 1. The van der Waals surface area contributed by atoms with E-state index in [0.29, 0.717) is 24.0 Å². The van der Waals surface area contributed by atoms with Gasteiger partial charge in [0, 0.05) is 12.3 Å². The number of aliphatic hydroxyl groups excluding tert-OH is 2. The Morgan fingerprint density at radius 2 is 1.96 bits per heavy atom. The van der Waals surface area contributed by atoms with Gasteiger partial charge in [-0.3, -0.25) is 4.79 Å². The van der Waals surface area contributed by atoms with E-state index in [4.69, 9.17) is 0 Å². The first-order chi connectivity index (χ1) is 11.3. The van der Waals surface area contributed by atoms with E-state index in [1.54, 1.807) is 0 Å². The standard InChI is InChI=1S/C21H32O3/c1-12(22)16-6-7-17-15-5-4-13-10-14(23)8-9-20(13,2)19(15)18(24)11-21(16,17)3/h10,12,14-17,19,22-23H,4-9,11H2,1-3H3/t12-,14?,15-,16+,17-,19+,20-,21+/m0/s1. The van der Waals surface area contributed by atoms with Crippen LogP contribution in [0, 0.1) is 34.5 Å². The Hall–Kier alpha value is -0.670. The lowest BCUT2D eigenvalue weighted by Gasteiger charge is -2.57. The van der Waals surface area contributed by atoms with E-state index in [1.165, 1.54) is 5.57 Å². The molecule has 0 aromatic carbocycles. The number of carbonyl (C=O) groups is 1. The van der Waals surface area contributed by atoms with Crippen molar-refractivity contribution in [1.82, 2.24) is 0 Å². The molecule has 0 amide bonds. The molecular weight excluding hydrogens is 300 g/mol. The van der Waals surface area contributed by atoms with Crippen molar-refractivity contribution in [3.63, 3.8) is 0 Å². The normalized spacial score (nSPS) is 52.1. The van der Waals surface area contributed by atoms with E-state index >= 15 is 0 Å². The van der Waals surface area contributed by atoms with Crippen molar-refractivity contribution < 1.29 is 15.0 Å². The van der Waals surface area contributed by atoms with Gasteiger partial charge in [-0.1, -0.05) is 25.5 Å². The zero-order valence-corrected chi connectivity index (χ0v) is 15.3. The number of hydrogen-bond acceptors (Lipinski definition) is 3. The van der Waals surface area contributed by atoms with Crippen LogP contribution < -0.4 is 0 Å². The van der Waals surface area contributed by atoms with Gasteiger partial charge in [0.2, 0.25) is 0 Å². The Morgan fingerprint density at radius 1 is 1.21 bits per heavy atom. The summed E-state index contributed by atoms with van der Waals surface area (Å²) in [6.07, 6.45) is 8.12. The second-order valence-corrected chi connectivity index (χ2v) is 9.58. The van der Waals surface area contributed by atoms with Gasteiger partial charge < -0.3 is 10.2 Å². The van der Waals surface area contributed by atoms with Crippen LogP contribution in [0.3, 0.4) is 0 Å². The number of fused-ring (bicyclic) bond motifs is 5. The average molecular weight is 332 g/mol. The molecule has 3 nitrogen and oxygen atoms in total. The third-order valence-corrected chi connectivity index (χ3v) is 8.43. The molecule has 3 saturated carbocycles. The highest BCUT2D eigenvalue weighted by atomic mass is 16.3. The smallest absolute Gasteiger partial charge is 0.137 e. The van der Waals surface area contributed by atoms with Crippen LogP contribution in [0.2, 0.25) is 0 Å². The van der Waals surface area contributed by atoms with Crippen molar-refractivity contribution in [3.05, 3.63) is 11.6 Å². The first-order valence-corrected chi connectivity index (χ1v) is 9.87. The van der Waals surface area contributed by atoms with E-state index in [0.717, 1.165) is 38.5 Å². The Labute approximate surface area is 145 Å². The predicted molar refractivity (Wildman–Crippen MR) is 93.3 cm³/mol. The summed E-state index contributed by atoms with van der Waals surface area (Å²) in [4.78, 5) is 13.3. The zero-order chi connectivity index (χ0) is 17.3. The lowest BCUT2D eigenvalue weighted by molar-refractivity contribution is -0.147. The molecule has 3 heteroatoms. The van der Waals surface area contributed by atoms with Gasteiger partial charge in [-0.2, -0.15) is 0 Å². The molecular formula is C21H32O3. The van der Waals surface area contributed by atoms with Crippen LogP contribution in [-0.2, 0) is 4.79 Å². The fraction of sp³-hybridized carbons (Fsp3) is 0.857. The lowest BCUT2D eigenvalue weighted by atomic mass is 9.46. The molecule has 3 fully saturated rings. The molecule has 2 N–H and O–H groups in total. The Bertz CT molecular complexity index is 580. The van der Waals surface area contributed by atoms with Crippen LogP contribution >= 0.6 is 0 Å². The zero-order valence-electron chi connectivity index (χ0n) is 15.3. The van der Waals surface area contributed by atoms with E-state index in [9.17, 15) is 15.0 Å². The van der Waals surface area contributed by atoms with Gasteiger partial charge in [0.15, 0.2) is 0 Å². The van der Waals surface area contributed by atoms with E-state index in [-0.39, 0.29) is 34.9 Å². The number of Topliss-reactive ketones (excluding diaryl/α,β-unsaturated/α-hetero) is 1. The highest BCUT2D eigenvalue weighted by Gasteiger charge is 2.62. The van der Waals surface area contributed by atoms with Crippen molar-refractivity contribution >= 4 is 5.78 Å². The van der Waals surface area contributed by atoms with Crippen molar-refractivity contribution in [3.8, 4) is 0 Å². The van der Waals surface area contributed by atoms with Crippen molar-refractivity contribution in [1.29, 1.82) is 0 Å². The molecule has 4 aliphatic rings. The fourth-order valence-corrected chi connectivity index (χ4v) is 7.36. The molecule has 0 aromatic rings. The fourth-order valence-electron chi connectivity index (χ4n) is 7.36. The summed E-state index contributed by atoms with van der Waals surface area (Å²) < 4.78 is 0. The third-order valence-electron chi connectivity index (χ3n) is 8.43. The van der Waals surface area contributed by atoms with Crippen LogP contribution in [0.4, 0.5) is 0 Å². The van der Waals surface area contributed by atoms with Gasteiger partial charge >= 0.3 is 0 Å². The van der Waals surface area contributed by atoms with E-state index in [2.05, 4.69) is 13.8 Å². The molecule has 4 aliphatic carbocycles. The Balaban J connectivity index is 1.71.